The Kier molecular flexibility index (Phi) is 3.73. The van der Waals surface area contributed by atoms with Crippen molar-refractivity contribution in [2.45, 2.75) is 18.9 Å². The average Bonchev–Trinajstić information content (AvgIpc) is 3.21. The molecule has 0 spiro atoms. The normalized spacial score (nSPS) is 14.0. The van der Waals surface area contributed by atoms with Crippen LogP contribution >= 0.6 is 23.2 Å². The van der Waals surface area contributed by atoms with E-state index in [1.807, 2.05) is 0 Å². The first-order chi connectivity index (χ1) is 10.0. The molecule has 5 nitrogen and oxygen atoms in total. The van der Waals surface area contributed by atoms with Crippen LogP contribution in [-0.2, 0) is 0 Å². The second-order valence-corrected chi connectivity index (χ2v) is 5.49. The molecule has 0 atom stereocenters. The van der Waals surface area contributed by atoms with Gasteiger partial charge in [0.15, 0.2) is 11.6 Å². The van der Waals surface area contributed by atoms with Crippen LogP contribution in [0, 0.1) is 5.82 Å². The molecule has 3 rings (SSSR count). The molecule has 21 heavy (non-hydrogen) atoms. The van der Waals surface area contributed by atoms with Crippen molar-refractivity contribution in [2.75, 3.05) is 11.1 Å². The molecule has 3 N–H and O–H groups in total. The SMILES string of the molecule is Nc1cc(Cl)c(Oc2ncnc(NC3CC3)c2F)c(Cl)c1. The van der Waals surface area contributed by atoms with Gasteiger partial charge in [-0.1, -0.05) is 23.2 Å². The van der Waals surface area contributed by atoms with Gasteiger partial charge >= 0.3 is 0 Å². The van der Waals surface area contributed by atoms with Gasteiger partial charge in [-0.2, -0.15) is 9.37 Å². The first kappa shape index (κ1) is 14.2. The Balaban J connectivity index is 1.91. The minimum absolute atomic E-state index is 0.0995. The molecule has 1 aliphatic rings. The number of aromatic nitrogens is 2. The number of nitrogens with one attached hydrogen (secondary N) is 1. The Morgan fingerprint density at radius 2 is 1.90 bits per heavy atom. The highest BCUT2D eigenvalue weighted by Gasteiger charge is 2.24. The number of nitrogen functional groups attached to an aromatic ring is 1. The number of hydrogen-bond acceptors (Lipinski definition) is 5. The Morgan fingerprint density at radius 3 is 2.52 bits per heavy atom. The molecule has 1 heterocycles. The van der Waals surface area contributed by atoms with E-state index in [4.69, 9.17) is 33.7 Å². The van der Waals surface area contributed by atoms with Crippen LogP contribution in [0.5, 0.6) is 11.6 Å². The number of nitrogens with zero attached hydrogens (tertiary/aromatic N) is 2. The summed E-state index contributed by atoms with van der Waals surface area (Å²) in [6.07, 6.45) is 3.20. The summed E-state index contributed by atoms with van der Waals surface area (Å²) >= 11 is 12.0. The van der Waals surface area contributed by atoms with Crippen molar-refractivity contribution in [3.05, 3.63) is 34.3 Å². The van der Waals surface area contributed by atoms with Crippen LogP contribution in [0.25, 0.3) is 0 Å². The van der Waals surface area contributed by atoms with Gasteiger partial charge in [-0.3, -0.25) is 0 Å². The molecule has 0 unspecified atom stereocenters. The maximum atomic E-state index is 14.3. The van der Waals surface area contributed by atoms with Gasteiger partial charge in [-0.15, -0.1) is 0 Å². The van der Waals surface area contributed by atoms with Crippen LogP contribution < -0.4 is 15.8 Å². The second-order valence-electron chi connectivity index (χ2n) is 4.68. The lowest BCUT2D eigenvalue weighted by molar-refractivity contribution is 0.421. The fraction of sp³-hybridized carbons (Fsp3) is 0.231. The first-order valence-corrected chi connectivity index (χ1v) is 6.99. The van der Waals surface area contributed by atoms with E-state index in [-0.39, 0.29) is 33.5 Å². The molecule has 1 aromatic heterocycles. The Morgan fingerprint density at radius 1 is 1.24 bits per heavy atom. The second kappa shape index (κ2) is 5.54. The third-order valence-corrected chi connectivity index (χ3v) is 3.46. The third-order valence-electron chi connectivity index (χ3n) is 2.90. The van der Waals surface area contributed by atoms with Gasteiger partial charge < -0.3 is 15.8 Å². The standard InChI is InChI=1S/C13H11Cl2FN4O/c14-8-3-6(17)4-9(15)11(8)21-13-10(16)12(18-5-19-13)20-7-1-2-7/h3-5,7H,1-2,17H2,(H,18,19,20). The number of ether oxygens (including phenoxy) is 1. The van der Waals surface area contributed by atoms with Crippen LogP contribution in [0.1, 0.15) is 12.8 Å². The predicted octanol–water partition coefficient (Wildman–Crippen LogP) is 3.87. The van der Waals surface area contributed by atoms with Gasteiger partial charge in [0.1, 0.15) is 6.33 Å². The average molecular weight is 329 g/mol. The summed E-state index contributed by atoms with van der Waals surface area (Å²) in [4.78, 5) is 7.63. The van der Waals surface area contributed by atoms with E-state index in [2.05, 4.69) is 15.3 Å². The number of nitrogens with two attached hydrogens (primary N) is 1. The van der Waals surface area contributed by atoms with E-state index < -0.39 is 5.82 Å². The fourth-order valence-electron chi connectivity index (χ4n) is 1.72. The van der Waals surface area contributed by atoms with Crippen molar-refractivity contribution in [2.24, 2.45) is 0 Å². The van der Waals surface area contributed by atoms with Crippen molar-refractivity contribution in [3.63, 3.8) is 0 Å². The summed E-state index contributed by atoms with van der Waals surface area (Å²) in [6, 6.07) is 3.18. The molecule has 1 aliphatic carbocycles. The van der Waals surface area contributed by atoms with Crippen molar-refractivity contribution in [3.8, 4) is 11.6 Å². The summed E-state index contributed by atoms with van der Waals surface area (Å²) in [5, 5.41) is 3.31. The molecule has 0 aliphatic heterocycles. The van der Waals surface area contributed by atoms with Crippen LogP contribution in [0.3, 0.4) is 0 Å². The maximum absolute atomic E-state index is 14.3. The summed E-state index contributed by atoms with van der Waals surface area (Å²) in [5.74, 6) is -0.734. The third kappa shape index (κ3) is 3.11. The highest BCUT2D eigenvalue weighted by atomic mass is 35.5. The number of halogens is 3. The van der Waals surface area contributed by atoms with Crippen LogP contribution in [0.15, 0.2) is 18.5 Å². The largest absolute Gasteiger partial charge is 0.433 e. The highest BCUT2D eigenvalue weighted by Crippen LogP contribution is 2.39. The first-order valence-electron chi connectivity index (χ1n) is 6.24. The molecule has 2 aromatic rings. The lowest BCUT2D eigenvalue weighted by Crippen LogP contribution is -2.07. The minimum Gasteiger partial charge on any atom is -0.433 e. The zero-order valence-electron chi connectivity index (χ0n) is 10.7. The molecular formula is C13H11Cl2FN4O. The number of rotatable bonds is 4. The van der Waals surface area contributed by atoms with Gasteiger partial charge in [0.05, 0.1) is 10.0 Å². The highest BCUT2D eigenvalue weighted by molar-refractivity contribution is 6.37. The van der Waals surface area contributed by atoms with E-state index in [0.29, 0.717) is 5.69 Å². The van der Waals surface area contributed by atoms with E-state index >= 15 is 0 Å². The molecule has 0 radical (unpaired) electrons. The van der Waals surface area contributed by atoms with E-state index in [1.54, 1.807) is 0 Å². The molecule has 0 amide bonds. The monoisotopic (exact) mass is 328 g/mol. The minimum atomic E-state index is -0.687. The Labute approximate surface area is 130 Å². The quantitative estimate of drug-likeness (QED) is 0.833. The predicted molar refractivity (Wildman–Crippen MR) is 79.6 cm³/mol. The molecule has 0 bridgehead atoms. The Bertz CT molecular complexity index is 671. The fourth-order valence-corrected chi connectivity index (χ4v) is 2.30. The zero-order chi connectivity index (χ0) is 15.0. The Hall–Kier alpha value is -1.79. The van der Waals surface area contributed by atoms with E-state index in [1.165, 1.54) is 18.5 Å². The van der Waals surface area contributed by atoms with Gasteiger partial charge in [0.25, 0.3) is 5.88 Å². The van der Waals surface area contributed by atoms with Gasteiger partial charge in [0.2, 0.25) is 5.82 Å². The molecule has 1 fully saturated rings. The zero-order valence-corrected chi connectivity index (χ0v) is 12.2. The smallest absolute Gasteiger partial charge is 0.261 e. The molecule has 0 saturated heterocycles. The van der Waals surface area contributed by atoms with E-state index in [0.717, 1.165) is 12.8 Å². The van der Waals surface area contributed by atoms with Gasteiger partial charge in [-0.25, -0.2) is 4.98 Å². The van der Waals surface area contributed by atoms with Crippen molar-refractivity contribution in [1.29, 1.82) is 0 Å². The van der Waals surface area contributed by atoms with Gasteiger partial charge in [0, 0.05) is 11.7 Å². The number of anilines is 2. The van der Waals surface area contributed by atoms with Crippen LogP contribution in [0.4, 0.5) is 15.9 Å². The summed E-state index contributed by atoms with van der Waals surface area (Å²) in [7, 11) is 0. The topological polar surface area (TPSA) is 73.1 Å². The van der Waals surface area contributed by atoms with Crippen molar-refractivity contribution in [1.82, 2.24) is 9.97 Å². The molecule has 1 aromatic carbocycles. The molecule has 110 valence electrons. The summed E-state index contributed by atoms with van der Waals surface area (Å²) < 4.78 is 19.6. The molecule has 1 saturated carbocycles. The van der Waals surface area contributed by atoms with Gasteiger partial charge in [-0.05, 0) is 25.0 Å². The van der Waals surface area contributed by atoms with Crippen molar-refractivity contribution < 1.29 is 9.13 Å². The van der Waals surface area contributed by atoms with E-state index in [9.17, 15) is 4.39 Å². The lowest BCUT2D eigenvalue weighted by Gasteiger charge is -2.11. The number of benzene rings is 1. The lowest BCUT2D eigenvalue weighted by atomic mass is 10.3. The molecular weight excluding hydrogens is 318 g/mol. The van der Waals surface area contributed by atoms with Crippen LogP contribution in [-0.4, -0.2) is 16.0 Å². The van der Waals surface area contributed by atoms with Crippen LogP contribution in [0.2, 0.25) is 10.0 Å². The molecule has 8 heteroatoms. The number of hydrogen-bond donors (Lipinski definition) is 2. The summed E-state index contributed by atoms with van der Waals surface area (Å²) in [6.45, 7) is 0. The van der Waals surface area contributed by atoms with Crippen molar-refractivity contribution >= 4 is 34.7 Å². The maximum Gasteiger partial charge on any atom is 0.261 e. The summed E-state index contributed by atoms with van der Waals surface area (Å²) in [5.41, 5.74) is 5.99.